The summed E-state index contributed by atoms with van der Waals surface area (Å²) >= 11 is 0. The number of amides is 2. The maximum Gasteiger partial charge on any atom is 0.344 e. The van der Waals surface area contributed by atoms with Crippen molar-refractivity contribution < 1.29 is 19.5 Å². The van der Waals surface area contributed by atoms with Crippen LogP contribution in [0, 0.1) is 17.8 Å². The molecule has 2 aliphatic rings. The smallest absolute Gasteiger partial charge is 0.344 e. The highest BCUT2D eigenvalue weighted by Crippen LogP contribution is 2.34. The minimum atomic E-state index is -1.05. The standard InChI is InChI=1S/C17H27N5O6/c23-14(20-27)13(10-22-16(25)18-19-17(22)26)12(9-11-3-1-2-4-11)15(24)21-5-7-28-8-6-21/h11-13,27H,1-10H2,(H,18,25)(H,19,26)(H,20,23)/t12-,13-/m0/s1. The van der Waals surface area contributed by atoms with Crippen LogP contribution >= 0.6 is 0 Å². The summed E-state index contributed by atoms with van der Waals surface area (Å²) < 4.78 is 6.14. The molecule has 0 unspecified atom stereocenters. The van der Waals surface area contributed by atoms with Crippen LogP contribution < -0.4 is 16.9 Å². The van der Waals surface area contributed by atoms with Crippen LogP contribution in [-0.4, -0.2) is 63.0 Å². The van der Waals surface area contributed by atoms with Crippen LogP contribution in [0.5, 0.6) is 0 Å². The molecule has 156 valence electrons. The van der Waals surface area contributed by atoms with Gasteiger partial charge in [0.2, 0.25) is 11.8 Å². The van der Waals surface area contributed by atoms with E-state index in [-0.39, 0.29) is 12.5 Å². The van der Waals surface area contributed by atoms with Crippen molar-refractivity contribution in [3.05, 3.63) is 21.0 Å². The fraction of sp³-hybridized carbons (Fsp3) is 0.765. The Labute approximate surface area is 161 Å². The van der Waals surface area contributed by atoms with Crippen molar-refractivity contribution in [2.24, 2.45) is 17.8 Å². The van der Waals surface area contributed by atoms with Crippen molar-refractivity contribution in [3.8, 4) is 0 Å². The van der Waals surface area contributed by atoms with Crippen LogP contribution in [-0.2, 0) is 20.9 Å². The lowest BCUT2D eigenvalue weighted by Crippen LogP contribution is -2.50. The molecule has 4 N–H and O–H groups in total. The van der Waals surface area contributed by atoms with Crippen LogP contribution in [0.2, 0.25) is 0 Å². The van der Waals surface area contributed by atoms with E-state index in [0.29, 0.717) is 38.6 Å². The van der Waals surface area contributed by atoms with Crippen molar-refractivity contribution in [1.29, 1.82) is 0 Å². The molecule has 3 rings (SSSR count). The highest BCUT2D eigenvalue weighted by molar-refractivity contribution is 5.87. The highest BCUT2D eigenvalue weighted by Gasteiger charge is 2.39. The lowest BCUT2D eigenvalue weighted by molar-refractivity contribution is -0.149. The molecule has 0 spiro atoms. The number of rotatable bonds is 7. The molecule has 1 aliphatic carbocycles. The van der Waals surface area contributed by atoms with E-state index in [1.807, 2.05) is 0 Å². The van der Waals surface area contributed by atoms with E-state index >= 15 is 0 Å². The molecule has 28 heavy (non-hydrogen) atoms. The van der Waals surface area contributed by atoms with Crippen molar-refractivity contribution in [2.75, 3.05) is 26.3 Å². The second-order valence-electron chi connectivity index (χ2n) is 7.48. The van der Waals surface area contributed by atoms with E-state index in [4.69, 9.17) is 4.74 Å². The molecule has 1 aromatic heterocycles. The third-order valence-corrected chi connectivity index (χ3v) is 5.78. The zero-order valence-electron chi connectivity index (χ0n) is 15.7. The quantitative estimate of drug-likeness (QED) is 0.344. The second-order valence-corrected chi connectivity index (χ2v) is 7.48. The van der Waals surface area contributed by atoms with Gasteiger partial charge >= 0.3 is 11.4 Å². The Balaban J connectivity index is 1.89. The lowest BCUT2D eigenvalue weighted by atomic mass is 9.81. The van der Waals surface area contributed by atoms with Crippen molar-refractivity contribution >= 4 is 11.8 Å². The number of ether oxygens (including phenoxy) is 1. The number of aromatic nitrogens is 3. The Bertz CT molecular complexity index is 759. The van der Waals surface area contributed by atoms with Crippen LogP contribution in [0.4, 0.5) is 0 Å². The molecule has 1 saturated carbocycles. The van der Waals surface area contributed by atoms with Crippen molar-refractivity contribution in [1.82, 2.24) is 25.1 Å². The Morgan fingerprint density at radius 3 is 2.29 bits per heavy atom. The van der Waals surface area contributed by atoms with Gasteiger partial charge in [-0.05, 0) is 12.3 Å². The van der Waals surface area contributed by atoms with Crippen LogP contribution in [0.3, 0.4) is 0 Å². The summed E-state index contributed by atoms with van der Waals surface area (Å²) in [7, 11) is 0. The van der Waals surface area contributed by atoms with Gasteiger partial charge in [0.05, 0.1) is 25.0 Å². The van der Waals surface area contributed by atoms with Gasteiger partial charge in [0.15, 0.2) is 0 Å². The Hall–Kier alpha value is -2.40. The van der Waals surface area contributed by atoms with Gasteiger partial charge in [0.25, 0.3) is 0 Å². The fourth-order valence-electron chi connectivity index (χ4n) is 4.23. The number of carbonyl (C=O) groups is 2. The third kappa shape index (κ3) is 4.53. The van der Waals surface area contributed by atoms with Gasteiger partial charge in [-0.25, -0.2) is 29.8 Å². The Morgan fingerprint density at radius 2 is 1.71 bits per heavy atom. The summed E-state index contributed by atoms with van der Waals surface area (Å²) in [5.41, 5.74) is 0.217. The normalized spacial score (nSPS) is 20.1. The van der Waals surface area contributed by atoms with Gasteiger partial charge < -0.3 is 9.64 Å². The number of morpholine rings is 1. The molecule has 2 heterocycles. The average Bonchev–Trinajstić information content (AvgIpc) is 3.34. The summed E-state index contributed by atoms with van der Waals surface area (Å²) in [4.78, 5) is 51.2. The predicted molar refractivity (Wildman–Crippen MR) is 96.6 cm³/mol. The molecule has 11 nitrogen and oxygen atoms in total. The molecule has 0 aromatic carbocycles. The van der Waals surface area contributed by atoms with E-state index in [2.05, 4.69) is 10.2 Å². The number of aromatic amines is 2. The zero-order chi connectivity index (χ0) is 20.1. The summed E-state index contributed by atoms with van der Waals surface area (Å²) in [6.07, 6.45) is 4.59. The molecule has 0 radical (unpaired) electrons. The third-order valence-electron chi connectivity index (χ3n) is 5.78. The molecular formula is C17H27N5O6. The molecule has 2 fully saturated rings. The maximum absolute atomic E-state index is 13.3. The molecule has 0 bridgehead atoms. The molecule has 2 amide bonds. The van der Waals surface area contributed by atoms with E-state index < -0.39 is 29.1 Å². The van der Waals surface area contributed by atoms with Gasteiger partial charge in [-0.1, -0.05) is 25.7 Å². The lowest BCUT2D eigenvalue weighted by Gasteiger charge is -2.34. The number of H-pyrrole nitrogens is 2. The van der Waals surface area contributed by atoms with Crippen LogP contribution in [0.1, 0.15) is 32.1 Å². The van der Waals surface area contributed by atoms with Gasteiger partial charge in [-0.15, -0.1) is 0 Å². The maximum atomic E-state index is 13.3. The first-order valence-corrected chi connectivity index (χ1v) is 9.69. The van der Waals surface area contributed by atoms with E-state index in [1.165, 1.54) is 0 Å². The largest absolute Gasteiger partial charge is 0.378 e. The van der Waals surface area contributed by atoms with E-state index in [9.17, 15) is 24.4 Å². The van der Waals surface area contributed by atoms with Crippen LogP contribution in [0.15, 0.2) is 9.59 Å². The molecule has 2 atom stereocenters. The first-order chi connectivity index (χ1) is 13.5. The van der Waals surface area contributed by atoms with Gasteiger partial charge in [0, 0.05) is 19.6 Å². The molecular weight excluding hydrogens is 370 g/mol. The average molecular weight is 397 g/mol. The summed E-state index contributed by atoms with van der Waals surface area (Å²) in [6.45, 7) is 1.42. The second kappa shape index (κ2) is 9.20. The van der Waals surface area contributed by atoms with Crippen molar-refractivity contribution in [3.63, 3.8) is 0 Å². The molecule has 11 heteroatoms. The highest BCUT2D eigenvalue weighted by atomic mass is 16.5. The minimum Gasteiger partial charge on any atom is -0.378 e. The Morgan fingerprint density at radius 1 is 1.11 bits per heavy atom. The number of hydroxylamine groups is 1. The van der Waals surface area contributed by atoms with Gasteiger partial charge in [0.1, 0.15) is 0 Å². The zero-order valence-corrected chi connectivity index (χ0v) is 15.7. The Kier molecular flexibility index (Phi) is 6.68. The number of hydrogen-bond donors (Lipinski definition) is 4. The monoisotopic (exact) mass is 397 g/mol. The molecule has 1 saturated heterocycles. The first-order valence-electron chi connectivity index (χ1n) is 9.69. The van der Waals surface area contributed by atoms with Crippen LogP contribution in [0.25, 0.3) is 0 Å². The van der Waals surface area contributed by atoms with Gasteiger partial charge in [-0.2, -0.15) is 0 Å². The number of nitrogens with zero attached hydrogens (tertiary/aromatic N) is 2. The number of carbonyl (C=O) groups excluding carboxylic acids is 2. The van der Waals surface area contributed by atoms with Crippen molar-refractivity contribution in [2.45, 2.75) is 38.6 Å². The van der Waals surface area contributed by atoms with Gasteiger partial charge in [-0.3, -0.25) is 14.8 Å². The van der Waals surface area contributed by atoms with E-state index in [0.717, 1.165) is 30.3 Å². The first kappa shape index (κ1) is 20.3. The SMILES string of the molecule is O=C(NO)[C@@H](Cn1c(=O)[nH][nH]c1=O)[C@H](CC1CCCC1)C(=O)N1CCOCC1. The molecule has 1 aliphatic heterocycles. The fourth-order valence-corrected chi connectivity index (χ4v) is 4.23. The minimum absolute atomic E-state index is 0.205. The summed E-state index contributed by atoms with van der Waals surface area (Å²) in [6, 6.07) is 0. The number of hydrogen-bond acceptors (Lipinski definition) is 6. The number of nitrogens with one attached hydrogen (secondary N) is 3. The topological polar surface area (TPSA) is 150 Å². The molecule has 1 aromatic rings. The summed E-state index contributed by atoms with van der Waals surface area (Å²) in [5, 5.41) is 13.6. The van der Waals surface area contributed by atoms with E-state index in [1.54, 1.807) is 10.4 Å². The predicted octanol–water partition coefficient (Wildman–Crippen LogP) is -0.958. The summed E-state index contributed by atoms with van der Waals surface area (Å²) in [5.74, 6) is -2.48.